The van der Waals surface area contributed by atoms with Crippen LogP contribution in [-0.2, 0) is 20.7 Å². The van der Waals surface area contributed by atoms with Crippen LogP contribution >= 0.6 is 0 Å². The Kier molecular flexibility index (Phi) is 6.70. The number of hydrogen-bond donors (Lipinski definition) is 0. The van der Waals surface area contributed by atoms with Crippen LogP contribution in [0.4, 0.5) is 4.39 Å². The summed E-state index contributed by atoms with van der Waals surface area (Å²) < 4.78 is 18.9. The van der Waals surface area contributed by atoms with Gasteiger partial charge in [0.1, 0.15) is 5.82 Å². The molecule has 0 radical (unpaired) electrons. The molecule has 5 nitrogen and oxygen atoms in total. The Morgan fingerprint density at radius 3 is 2.61 bits per heavy atom. The van der Waals surface area contributed by atoms with Crippen LogP contribution in [-0.4, -0.2) is 60.0 Å². The van der Waals surface area contributed by atoms with Gasteiger partial charge < -0.3 is 14.5 Å². The summed E-state index contributed by atoms with van der Waals surface area (Å²) in [5, 5.41) is 0. The molecular weight excluding hydrogens is 359 g/mol. The smallest absolute Gasteiger partial charge is 0.225 e. The third-order valence-electron chi connectivity index (χ3n) is 6.31. The van der Waals surface area contributed by atoms with Crippen LogP contribution in [0.5, 0.6) is 0 Å². The van der Waals surface area contributed by atoms with E-state index < -0.39 is 0 Å². The summed E-state index contributed by atoms with van der Waals surface area (Å²) >= 11 is 0. The fraction of sp³-hybridized carbons (Fsp3) is 0.636. The van der Waals surface area contributed by atoms with Crippen molar-refractivity contribution >= 4 is 11.8 Å². The SMILES string of the molecule is CC(=O)N1CCN(C(=O)C(C)CCc2cccc(F)c2)CCC12CCOCC2. The molecule has 1 atom stereocenters. The van der Waals surface area contributed by atoms with Gasteiger partial charge in [-0.3, -0.25) is 9.59 Å². The first kappa shape index (κ1) is 20.8. The lowest BCUT2D eigenvalue weighted by molar-refractivity contribution is -0.139. The number of carbonyl (C=O) groups excluding carboxylic acids is 2. The molecule has 1 aromatic carbocycles. The van der Waals surface area contributed by atoms with Gasteiger partial charge in [0.05, 0.1) is 0 Å². The van der Waals surface area contributed by atoms with Crippen LogP contribution in [0.1, 0.15) is 45.1 Å². The number of carbonyl (C=O) groups is 2. The van der Waals surface area contributed by atoms with E-state index in [-0.39, 0.29) is 29.1 Å². The molecular formula is C22H31FN2O3. The molecule has 28 heavy (non-hydrogen) atoms. The van der Waals surface area contributed by atoms with Gasteiger partial charge in [-0.2, -0.15) is 0 Å². The predicted octanol–water partition coefficient (Wildman–Crippen LogP) is 3.02. The Morgan fingerprint density at radius 2 is 1.93 bits per heavy atom. The molecule has 0 N–H and O–H groups in total. The second-order valence-electron chi connectivity index (χ2n) is 8.15. The summed E-state index contributed by atoms with van der Waals surface area (Å²) in [5.74, 6) is -0.160. The normalized spacial score (nSPS) is 20.7. The van der Waals surface area contributed by atoms with Gasteiger partial charge in [-0.1, -0.05) is 19.1 Å². The van der Waals surface area contributed by atoms with Gasteiger partial charge in [0.15, 0.2) is 0 Å². The van der Waals surface area contributed by atoms with Crippen LogP contribution in [0.2, 0.25) is 0 Å². The van der Waals surface area contributed by atoms with Crippen molar-refractivity contribution in [3.8, 4) is 0 Å². The molecule has 0 bridgehead atoms. The zero-order valence-corrected chi connectivity index (χ0v) is 17.0. The van der Waals surface area contributed by atoms with Crippen molar-refractivity contribution in [3.05, 3.63) is 35.6 Å². The summed E-state index contributed by atoms with van der Waals surface area (Å²) in [6, 6.07) is 6.56. The molecule has 3 rings (SSSR count). The molecule has 2 aliphatic rings. The molecule has 154 valence electrons. The maximum absolute atomic E-state index is 13.3. The second kappa shape index (κ2) is 9.03. The van der Waals surface area contributed by atoms with Crippen molar-refractivity contribution < 1.29 is 18.7 Å². The van der Waals surface area contributed by atoms with E-state index in [4.69, 9.17) is 4.74 Å². The Bertz CT molecular complexity index is 703. The maximum Gasteiger partial charge on any atom is 0.225 e. The molecule has 0 aliphatic carbocycles. The zero-order chi connectivity index (χ0) is 20.1. The maximum atomic E-state index is 13.3. The number of ether oxygens (including phenoxy) is 1. The van der Waals surface area contributed by atoms with Crippen LogP contribution in [0.3, 0.4) is 0 Å². The molecule has 0 saturated carbocycles. The van der Waals surface area contributed by atoms with Gasteiger partial charge in [0.25, 0.3) is 0 Å². The number of hydrogen-bond acceptors (Lipinski definition) is 3. The van der Waals surface area contributed by atoms with E-state index in [1.54, 1.807) is 13.0 Å². The van der Waals surface area contributed by atoms with Gasteiger partial charge in [-0.05, 0) is 49.8 Å². The van der Waals surface area contributed by atoms with Crippen molar-refractivity contribution in [1.29, 1.82) is 0 Å². The third kappa shape index (κ3) is 4.72. The highest BCUT2D eigenvalue weighted by molar-refractivity contribution is 5.79. The molecule has 6 heteroatoms. The van der Waals surface area contributed by atoms with Gasteiger partial charge in [0.2, 0.25) is 11.8 Å². The monoisotopic (exact) mass is 390 g/mol. The van der Waals surface area contributed by atoms with E-state index in [2.05, 4.69) is 0 Å². The molecule has 0 aromatic heterocycles. The minimum absolute atomic E-state index is 0.0790. The van der Waals surface area contributed by atoms with E-state index in [9.17, 15) is 14.0 Å². The molecule has 1 unspecified atom stereocenters. The van der Waals surface area contributed by atoms with E-state index in [0.29, 0.717) is 45.7 Å². The summed E-state index contributed by atoms with van der Waals surface area (Å²) in [4.78, 5) is 29.2. The Morgan fingerprint density at radius 1 is 1.18 bits per heavy atom. The van der Waals surface area contributed by atoms with E-state index in [0.717, 1.165) is 24.8 Å². The largest absolute Gasteiger partial charge is 0.381 e. The van der Waals surface area contributed by atoms with Crippen molar-refractivity contribution in [2.75, 3.05) is 32.8 Å². The number of rotatable bonds is 4. The summed E-state index contributed by atoms with van der Waals surface area (Å²) in [5.41, 5.74) is 0.739. The summed E-state index contributed by atoms with van der Waals surface area (Å²) in [6.45, 7) is 6.73. The average molecular weight is 390 g/mol. The van der Waals surface area contributed by atoms with Crippen molar-refractivity contribution in [2.24, 2.45) is 5.92 Å². The fourth-order valence-electron chi connectivity index (χ4n) is 4.54. The molecule has 2 amide bonds. The molecule has 2 aliphatic heterocycles. The highest BCUT2D eigenvalue weighted by atomic mass is 19.1. The number of aryl methyl sites for hydroxylation is 1. The van der Waals surface area contributed by atoms with Crippen LogP contribution in [0, 0.1) is 11.7 Å². The lowest BCUT2D eigenvalue weighted by Crippen LogP contribution is -2.54. The highest BCUT2D eigenvalue weighted by Crippen LogP contribution is 2.34. The van der Waals surface area contributed by atoms with Crippen molar-refractivity contribution in [2.45, 2.75) is 51.5 Å². The van der Waals surface area contributed by atoms with Crippen molar-refractivity contribution in [1.82, 2.24) is 9.80 Å². The molecule has 1 spiro atoms. The Hall–Kier alpha value is -1.95. The van der Waals surface area contributed by atoms with E-state index >= 15 is 0 Å². The lowest BCUT2D eigenvalue weighted by Gasteiger charge is -2.44. The highest BCUT2D eigenvalue weighted by Gasteiger charge is 2.42. The number of amides is 2. The average Bonchev–Trinajstić information content (AvgIpc) is 2.86. The number of halogens is 1. The zero-order valence-electron chi connectivity index (χ0n) is 17.0. The fourth-order valence-corrected chi connectivity index (χ4v) is 4.54. The van der Waals surface area contributed by atoms with Gasteiger partial charge in [-0.15, -0.1) is 0 Å². The first-order chi connectivity index (χ1) is 13.4. The van der Waals surface area contributed by atoms with Crippen molar-refractivity contribution in [3.63, 3.8) is 0 Å². The number of benzene rings is 1. The predicted molar refractivity (Wildman–Crippen MR) is 105 cm³/mol. The van der Waals surface area contributed by atoms with E-state index in [1.807, 2.05) is 22.8 Å². The van der Waals surface area contributed by atoms with Gasteiger partial charge >= 0.3 is 0 Å². The minimum atomic E-state index is -0.241. The lowest BCUT2D eigenvalue weighted by atomic mass is 9.84. The quantitative estimate of drug-likeness (QED) is 0.794. The van der Waals surface area contributed by atoms with E-state index in [1.165, 1.54) is 12.1 Å². The Balaban J connectivity index is 1.61. The molecule has 1 aromatic rings. The van der Waals surface area contributed by atoms with Crippen LogP contribution in [0.25, 0.3) is 0 Å². The standard InChI is InChI=1S/C22H31FN2O3/c1-17(6-7-19-4-3-5-20(23)16-19)21(27)24-11-8-22(9-14-28-15-10-22)25(13-12-24)18(2)26/h3-5,16-17H,6-15H2,1-2H3. The topological polar surface area (TPSA) is 49.9 Å². The Labute approximate surface area is 166 Å². The van der Waals surface area contributed by atoms with Gasteiger partial charge in [-0.25, -0.2) is 4.39 Å². The first-order valence-corrected chi connectivity index (χ1v) is 10.3. The molecule has 2 saturated heterocycles. The first-order valence-electron chi connectivity index (χ1n) is 10.3. The minimum Gasteiger partial charge on any atom is -0.381 e. The van der Waals surface area contributed by atoms with Crippen LogP contribution in [0.15, 0.2) is 24.3 Å². The van der Waals surface area contributed by atoms with Crippen LogP contribution < -0.4 is 0 Å². The summed E-state index contributed by atoms with van der Waals surface area (Å²) in [7, 11) is 0. The number of nitrogens with zero attached hydrogens (tertiary/aromatic N) is 2. The molecule has 2 fully saturated rings. The third-order valence-corrected chi connectivity index (χ3v) is 6.31. The van der Waals surface area contributed by atoms with Gasteiger partial charge in [0, 0.05) is 51.2 Å². The summed E-state index contributed by atoms with van der Waals surface area (Å²) in [6.07, 6.45) is 3.85. The molecule has 2 heterocycles. The second-order valence-corrected chi connectivity index (χ2v) is 8.15.